The Morgan fingerprint density at radius 2 is 1.00 bits per heavy atom. The predicted octanol–water partition coefficient (Wildman–Crippen LogP) is 3.56. The number of benzene rings is 2. The lowest BCUT2D eigenvalue weighted by Crippen LogP contribution is -2.31. The SMILES string of the molecule is CCN(CC)C(=O)/C(C#N)=C/c1cc(O)c(O)c([N+](=O)[O-])c1.CCN(CC)C(=O)/C(C#N)=C/c1cc(O)c(O)c([N+](=O)[O-])c1. The summed E-state index contributed by atoms with van der Waals surface area (Å²) >= 11 is 0. The van der Waals surface area contributed by atoms with Crippen LogP contribution in [0.5, 0.6) is 23.0 Å². The number of likely N-dealkylation sites (N-methyl/N-ethyl adjacent to an activating group) is 2. The Morgan fingerprint density at radius 3 is 1.23 bits per heavy atom. The number of carbonyl (C=O) groups is 2. The molecule has 0 fully saturated rings. The second-order valence-electron chi connectivity index (χ2n) is 8.62. The largest absolute Gasteiger partial charge is 0.504 e. The van der Waals surface area contributed by atoms with Gasteiger partial charge in [0.05, 0.1) is 9.85 Å². The molecule has 0 bridgehead atoms. The maximum absolute atomic E-state index is 12.1. The zero-order valence-electron chi connectivity index (χ0n) is 24.2. The molecule has 2 aromatic rings. The summed E-state index contributed by atoms with van der Waals surface area (Å²) in [6.07, 6.45) is 2.26. The summed E-state index contributed by atoms with van der Waals surface area (Å²) < 4.78 is 0. The van der Waals surface area contributed by atoms with Crippen LogP contribution in [0.1, 0.15) is 38.8 Å². The van der Waals surface area contributed by atoms with E-state index in [1.807, 2.05) is 0 Å². The molecule has 0 aliphatic heterocycles. The minimum absolute atomic E-state index is 0.0686. The van der Waals surface area contributed by atoms with Crippen LogP contribution in [0.15, 0.2) is 35.4 Å². The van der Waals surface area contributed by atoms with E-state index in [0.29, 0.717) is 26.2 Å². The van der Waals surface area contributed by atoms with E-state index in [9.17, 15) is 50.2 Å². The van der Waals surface area contributed by atoms with E-state index in [0.717, 1.165) is 36.4 Å². The van der Waals surface area contributed by atoms with E-state index in [-0.39, 0.29) is 22.3 Å². The van der Waals surface area contributed by atoms with Gasteiger partial charge < -0.3 is 30.2 Å². The molecule has 0 radical (unpaired) electrons. The van der Waals surface area contributed by atoms with Crippen molar-refractivity contribution in [2.75, 3.05) is 26.2 Å². The second-order valence-corrected chi connectivity index (χ2v) is 8.62. The van der Waals surface area contributed by atoms with Crippen LogP contribution in [0.4, 0.5) is 11.4 Å². The van der Waals surface area contributed by atoms with Crippen LogP contribution in [0.25, 0.3) is 12.2 Å². The summed E-state index contributed by atoms with van der Waals surface area (Å²) in [6, 6.07) is 7.50. The Morgan fingerprint density at radius 1 is 0.705 bits per heavy atom. The van der Waals surface area contributed by atoms with Gasteiger partial charge in [0.1, 0.15) is 23.3 Å². The maximum atomic E-state index is 12.1. The summed E-state index contributed by atoms with van der Waals surface area (Å²) in [5.74, 6) is -4.15. The second kappa shape index (κ2) is 16.3. The van der Waals surface area contributed by atoms with Crippen molar-refractivity contribution >= 4 is 35.3 Å². The summed E-state index contributed by atoms with van der Waals surface area (Å²) in [5.41, 5.74) is -1.72. The maximum Gasteiger partial charge on any atom is 0.315 e. The van der Waals surface area contributed by atoms with Gasteiger partial charge in [-0.3, -0.25) is 29.8 Å². The zero-order chi connectivity index (χ0) is 33.7. The molecule has 0 aliphatic carbocycles. The van der Waals surface area contributed by atoms with Gasteiger partial charge in [-0.25, -0.2) is 0 Å². The van der Waals surface area contributed by atoms with Crippen LogP contribution in [0.3, 0.4) is 0 Å². The van der Waals surface area contributed by atoms with Gasteiger partial charge in [0, 0.05) is 38.3 Å². The molecule has 0 aromatic heterocycles. The fraction of sp³-hybridized carbons (Fsp3) is 0.286. The lowest BCUT2D eigenvalue weighted by molar-refractivity contribution is -0.386. The first-order valence-electron chi connectivity index (χ1n) is 12.9. The third-order valence-corrected chi connectivity index (χ3v) is 6.00. The number of hydrogen-bond donors (Lipinski definition) is 4. The molecule has 44 heavy (non-hydrogen) atoms. The molecule has 0 unspecified atom stereocenters. The lowest BCUT2D eigenvalue weighted by atomic mass is 10.1. The van der Waals surface area contributed by atoms with Gasteiger partial charge in [0.15, 0.2) is 11.5 Å². The molecule has 0 spiro atoms. The average molecular weight is 611 g/mol. The Bertz CT molecular complexity index is 1460. The molecule has 2 amide bonds. The van der Waals surface area contributed by atoms with Gasteiger partial charge in [0.25, 0.3) is 11.8 Å². The molecule has 2 rings (SSSR count). The molecular formula is C28H30N6O10. The van der Waals surface area contributed by atoms with Gasteiger partial charge in [0.2, 0.25) is 11.5 Å². The Labute approximate surface area is 251 Å². The molecule has 0 aliphatic rings. The van der Waals surface area contributed by atoms with Crippen LogP contribution >= 0.6 is 0 Å². The van der Waals surface area contributed by atoms with E-state index >= 15 is 0 Å². The van der Waals surface area contributed by atoms with Crippen LogP contribution in [-0.4, -0.2) is 78.1 Å². The number of aromatic hydroxyl groups is 4. The van der Waals surface area contributed by atoms with Gasteiger partial charge in [-0.15, -0.1) is 0 Å². The number of phenolic OH excluding ortho intramolecular Hbond substituents is 4. The van der Waals surface area contributed by atoms with E-state index in [1.54, 1.807) is 39.8 Å². The van der Waals surface area contributed by atoms with Crippen molar-refractivity contribution in [3.63, 3.8) is 0 Å². The number of rotatable bonds is 10. The molecule has 2 aromatic carbocycles. The monoisotopic (exact) mass is 610 g/mol. The van der Waals surface area contributed by atoms with Crippen LogP contribution in [0, 0.1) is 42.9 Å². The van der Waals surface area contributed by atoms with E-state index in [1.165, 1.54) is 9.80 Å². The Kier molecular flexibility index (Phi) is 13.3. The van der Waals surface area contributed by atoms with Crippen molar-refractivity contribution in [2.45, 2.75) is 27.7 Å². The van der Waals surface area contributed by atoms with Crippen LogP contribution in [0.2, 0.25) is 0 Å². The molecule has 0 saturated heterocycles. The number of carbonyl (C=O) groups excluding carboxylic acids is 2. The van der Waals surface area contributed by atoms with Crippen molar-refractivity contribution in [1.82, 2.24) is 9.80 Å². The van der Waals surface area contributed by atoms with E-state index in [2.05, 4.69) is 0 Å². The van der Waals surface area contributed by atoms with Gasteiger partial charge in [-0.2, -0.15) is 10.5 Å². The Balaban J connectivity index is 0.000000440. The molecule has 0 saturated carbocycles. The molecule has 0 atom stereocenters. The molecule has 0 heterocycles. The van der Waals surface area contributed by atoms with Crippen LogP contribution in [-0.2, 0) is 9.59 Å². The first-order valence-corrected chi connectivity index (χ1v) is 12.9. The highest BCUT2D eigenvalue weighted by molar-refractivity contribution is 6.02. The van der Waals surface area contributed by atoms with E-state index < -0.39 is 56.0 Å². The zero-order valence-corrected chi connectivity index (χ0v) is 24.2. The summed E-state index contributed by atoms with van der Waals surface area (Å²) in [7, 11) is 0. The van der Waals surface area contributed by atoms with Gasteiger partial charge in [-0.05, 0) is 63.1 Å². The number of amides is 2. The standard InChI is InChI=1S/2C14H15N3O5/c2*1-3-16(4-2)14(20)10(8-15)5-9-6-11(17(21)22)13(19)12(18)7-9/h2*5-7,18-19H,3-4H2,1-2H3/b2*10-5+. The number of nitrogens with zero attached hydrogens (tertiary/aromatic N) is 6. The molecule has 4 N–H and O–H groups in total. The first-order chi connectivity index (χ1) is 20.7. The van der Waals surface area contributed by atoms with Crippen molar-refractivity contribution in [3.8, 4) is 35.1 Å². The molecular weight excluding hydrogens is 580 g/mol. The lowest BCUT2D eigenvalue weighted by Gasteiger charge is -2.17. The smallest absolute Gasteiger partial charge is 0.315 e. The third-order valence-electron chi connectivity index (χ3n) is 6.00. The van der Waals surface area contributed by atoms with Crippen LogP contribution < -0.4 is 0 Å². The normalized spacial score (nSPS) is 10.9. The van der Waals surface area contributed by atoms with E-state index in [4.69, 9.17) is 10.5 Å². The Hall–Kier alpha value is -6.16. The van der Waals surface area contributed by atoms with Crippen molar-refractivity contribution in [1.29, 1.82) is 10.5 Å². The first kappa shape index (κ1) is 35.9. The highest BCUT2D eigenvalue weighted by Crippen LogP contribution is 2.37. The third kappa shape index (κ3) is 8.92. The van der Waals surface area contributed by atoms with Crippen molar-refractivity contribution in [3.05, 3.63) is 66.8 Å². The number of hydrogen-bond acceptors (Lipinski definition) is 12. The minimum atomic E-state index is -0.870. The quantitative estimate of drug-likeness (QED) is 0.0990. The number of nitro groups is 2. The fourth-order valence-corrected chi connectivity index (χ4v) is 3.68. The van der Waals surface area contributed by atoms with Crippen molar-refractivity contribution in [2.24, 2.45) is 0 Å². The number of nitro benzene ring substituents is 2. The minimum Gasteiger partial charge on any atom is -0.504 e. The highest BCUT2D eigenvalue weighted by Gasteiger charge is 2.22. The summed E-state index contributed by atoms with van der Waals surface area (Å²) in [4.78, 5) is 46.9. The fourth-order valence-electron chi connectivity index (χ4n) is 3.68. The molecule has 16 heteroatoms. The molecule has 232 valence electrons. The highest BCUT2D eigenvalue weighted by atomic mass is 16.6. The number of nitriles is 2. The predicted molar refractivity (Wildman–Crippen MR) is 156 cm³/mol. The summed E-state index contributed by atoms with van der Waals surface area (Å²) in [5, 5.41) is 77.6. The summed E-state index contributed by atoms with van der Waals surface area (Å²) in [6.45, 7) is 8.68. The number of phenols is 4. The van der Waals surface area contributed by atoms with Gasteiger partial charge in [-0.1, -0.05) is 0 Å². The molecule has 16 nitrogen and oxygen atoms in total. The topological polar surface area (TPSA) is 255 Å². The van der Waals surface area contributed by atoms with Gasteiger partial charge >= 0.3 is 11.4 Å². The van der Waals surface area contributed by atoms with Crippen molar-refractivity contribution < 1.29 is 39.9 Å². The average Bonchev–Trinajstić information content (AvgIpc) is 2.98.